The van der Waals surface area contributed by atoms with Gasteiger partial charge in [-0.2, -0.15) is 0 Å². The first-order valence-corrected chi connectivity index (χ1v) is 7.72. The van der Waals surface area contributed by atoms with E-state index in [2.05, 4.69) is 61.3 Å². The van der Waals surface area contributed by atoms with E-state index < -0.39 is 0 Å². The molecule has 0 aliphatic carbocycles. The molecule has 0 aliphatic rings. The SMILES string of the molecule is CN(C)P(N(C)C)N(C)C.OO.OO.[O]=[Mo].c1ccncc1. The number of hydrogen-bond acceptors (Lipinski definition) is 9. The molecule has 1 heterocycles. The van der Waals surface area contributed by atoms with E-state index in [0.29, 0.717) is 19.8 Å². The second kappa shape index (κ2) is 25.7. The van der Waals surface area contributed by atoms with Crippen LogP contribution in [0.4, 0.5) is 0 Å². The summed E-state index contributed by atoms with van der Waals surface area (Å²) in [7, 11) is 12.4. The summed E-state index contributed by atoms with van der Waals surface area (Å²) in [5, 5.41) is 24.0. The van der Waals surface area contributed by atoms with Crippen molar-refractivity contribution >= 4 is 8.37 Å². The molecule has 0 unspecified atom stereocenters. The first-order chi connectivity index (χ1) is 10.5. The molecule has 1 rings (SSSR count). The van der Waals surface area contributed by atoms with Crippen molar-refractivity contribution in [1.82, 2.24) is 19.0 Å². The Morgan fingerprint density at radius 2 is 1.00 bits per heavy atom. The first kappa shape index (κ1) is 29.8. The zero-order valence-corrected chi connectivity index (χ0v) is 16.6. The number of pyridine rings is 1. The third kappa shape index (κ3) is 22.1. The molecular formula is C11H27MoN4O5P. The molecule has 0 atom stereocenters. The van der Waals surface area contributed by atoms with Crippen molar-refractivity contribution in [1.29, 1.82) is 0 Å². The Morgan fingerprint density at radius 1 is 0.727 bits per heavy atom. The Labute approximate surface area is 144 Å². The van der Waals surface area contributed by atoms with Gasteiger partial charge in [0.25, 0.3) is 0 Å². The largest absolute Gasteiger partial charge is 0.265 e. The summed E-state index contributed by atoms with van der Waals surface area (Å²) in [6.07, 6.45) is 3.50. The molecular weight excluding hydrogens is 395 g/mol. The van der Waals surface area contributed by atoms with Gasteiger partial charge in [0.05, 0.1) is 0 Å². The Morgan fingerprint density at radius 3 is 1.05 bits per heavy atom. The zero-order chi connectivity index (χ0) is 18.6. The maximum Gasteiger partial charge on any atom is 0.0267 e. The summed E-state index contributed by atoms with van der Waals surface area (Å²) in [6.45, 7) is 0. The van der Waals surface area contributed by atoms with Gasteiger partial charge in [-0.1, -0.05) is 6.07 Å². The van der Waals surface area contributed by atoms with E-state index in [1.807, 2.05) is 18.2 Å². The summed E-state index contributed by atoms with van der Waals surface area (Å²) < 4.78 is 15.0. The minimum Gasteiger partial charge on any atom is -0.265 e. The summed E-state index contributed by atoms with van der Waals surface area (Å²) in [4.78, 5) is 3.78. The van der Waals surface area contributed by atoms with Gasteiger partial charge < -0.3 is 0 Å². The van der Waals surface area contributed by atoms with Gasteiger partial charge in [0.2, 0.25) is 0 Å². The van der Waals surface area contributed by atoms with E-state index in [1.165, 1.54) is 0 Å². The normalized spacial score (nSPS) is 8.64. The van der Waals surface area contributed by atoms with Gasteiger partial charge in [0.1, 0.15) is 8.37 Å². The predicted octanol–water partition coefficient (Wildman–Crippen LogP) is 1.89. The molecule has 22 heavy (non-hydrogen) atoms. The molecule has 0 bridgehead atoms. The average molecular weight is 422 g/mol. The van der Waals surface area contributed by atoms with Crippen LogP contribution in [0.25, 0.3) is 0 Å². The van der Waals surface area contributed by atoms with Crippen molar-refractivity contribution in [2.45, 2.75) is 0 Å². The van der Waals surface area contributed by atoms with Gasteiger partial charge >= 0.3 is 23.2 Å². The van der Waals surface area contributed by atoms with Gasteiger partial charge in [-0.25, -0.2) is 0 Å². The topological polar surface area (TPSA) is 121 Å². The third-order valence-electron chi connectivity index (χ3n) is 1.64. The fourth-order valence-corrected chi connectivity index (χ4v) is 3.53. The quantitative estimate of drug-likeness (QED) is 0.251. The van der Waals surface area contributed by atoms with Crippen LogP contribution in [0, 0.1) is 0 Å². The fourth-order valence-electron chi connectivity index (χ4n) is 1.39. The molecule has 0 aliphatic heterocycles. The van der Waals surface area contributed by atoms with Crippen LogP contribution in [-0.4, -0.2) is 82.3 Å². The van der Waals surface area contributed by atoms with E-state index in [1.54, 1.807) is 12.4 Å². The molecule has 1 aromatic heterocycles. The van der Waals surface area contributed by atoms with Crippen molar-refractivity contribution in [3.8, 4) is 0 Å². The Bertz CT molecular complexity index is 241. The molecule has 0 radical (unpaired) electrons. The second-order valence-corrected chi connectivity index (χ2v) is 6.77. The molecule has 0 aromatic carbocycles. The van der Waals surface area contributed by atoms with Crippen LogP contribution in [-0.2, 0) is 23.2 Å². The standard InChI is InChI=1S/C6H18N3P.C5H5N.Mo.2H2O2.O/c1-7(2)10(8(3)4)9(5)6;1-2-4-6-5-3-1;;2*1-2;/h1-6H3;1-5H;;2*1-2H;. The molecule has 0 fully saturated rings. The molecule has 0 saturated heterocycles. The predicted molar refractivity (Wildman–Crippen MR) is 83.4 cm³/mol. The summed E-state index contributed by atoms with van der Waals surface area (Å²) in [5.74, 6) is 0. The molecule has 0 saturated carbocycles. The Hall–Kier alpha value is -0.212. The van der Waals surface area contributed by atoms with Gasteiger partial charge in [-0.05, 0) is 54.4 Å². The van der Waals surface area contributed by atoms with Gasteiger partial charge in [0.15, 0.2) is 0 Å². The van der Waals surface area contributed by atoms with E-state index in [-0.39, 0.29) is 8.37 Å². The van der Waals surface area contributed by atoms with E-state index in [0.717, 1.165) is 0 Å². The molecule has 9 nitrogen and oxygen atoms in total. The van der Waals surface area contributed by atoms with E-state index in [4.69, 9.17) is 24.4 Å². The van der Waals surface area contributed by atoms with Crippen LogP contribution in [0.15, 0.2) is 30.6 Å². The van der Waals surface area contributed by atoms with Crippen LogP contribution in [0.5, 0.6) is 0 Å². The first-order valence-electron chi connectivity index (χ1n) is 5.70. The molecule has 0 amide bonds. The van der Waals surface area contributed by atoms with Crippen LogP contribution in [0.3, 0.4) is 0 Å². The smallest absolute Gasteiger partial charge is 0.0267 e. The monoisotopic (exact) mass is 424 g/mol. The van der Waals surface area contributed by atoms with Crippen LogP contribution in [0.2, 0.25) is 0 Å². The van der Waals surface area contributed by atoms with Gasteiger partial charge in [0, 0.05) is 12.4 Å². The molecule has 11 heteroatoms. The van der Waals surface area contributed by atoms with Crippen LogP contribution in [0.1, 0.15) is 0 Å². The van der Waals surface area contributed by atoms with Crippen LogP contribution < -0.4 is 0 Å². The van der Waals surface area contributed by atoms with Gasteiger partial charge in [-0.15, -0.1) is 0 Å². The van der Waals surface area contributed by atoms with E-state index >= 15 is 0 Å². The number of rotatable bonds is 3. The Kier molecular flexibility index (Phi) is 34.8. The fraction of sp³-hybridized carbons (Fsp3) is 0.545. The Balaban J connectivity index is -0.000000115. The minimum atomic E-state index is -0.238. The number of hydrogen-bond donors (Lipinski definition) is 4. The molecule has 0 spiro atoms. The average Bonchev–Trinajstić information content (AvgIpc) is 2.54. The van der Waals surface area contributed by atoms with Crippen molar-refractivity contribution in [2.24, 2.45) is 0 Å². The number of aromatic nitrogens is 1. The van der Waals surface area contributed by atoms with Crippen molar-refractivity contribution in [2.75, 3.05) is 42.3 Å². The molecule has 4 N–H and O–H groups in total. The second-order valence-electron chi connectivity index (χ2n) is 3.83. The maximum absolute atomic E-state index is 8.26. The zero-order valence-electron chi connectivity index (χ0n) is 13.7. The minimum absolute atomic E-state index is 0.238. The third-order valence-corrected chi connectivity index (χ3v) is 3.79. The summed E-state index contributed by atoms with van der Waals surface area (Å²) in [5.41, 5.74) is 0. The van der Waals surface area contributed by atoms with Crippen molar-refractivity contribution in [3.63, 3.8) is 0 Å². The number of nitrogens with zero attached hydrogens (tertiary/aromatic N) is 4. The van der Waals surface area contributed by atoms with E-state index in [9.17, 15) is 0 Å². The molecule has 132 valence electrons. The van der Waals surface area contributed by atoms with Crippen molar-refractivity contribution < 1.29 is 44.2 Å². The molecule has 1 aromatic rings. The maximum atomic E-state index is 8.26. The van der Waals surface area contributed by atoms with Crippen LogP contribution >= 0.6 is 8.37 Å². The summed E-state index contributed by atoms with van der Waals surface area (Å²) in [6, 6.07) is 5.72. The summed E-state index contributed by atoms with van der Waals surface area (Å²) >= 11 is 0.700. The van der Waals surface area contributed by atoms with Crippen molar-refractivity contribution in [3.05, 3.63) is 30.6 Å². The van der Waals surface area contributed by atoms with Gasteiger partial charge in [-0.3, -0.25) is 40.0 Å².